The van der Waals surface area contributed by atoms with Gasteiger partial charge in [-0.2, -0.15) is 0 Å². The van der Waals surface area contributed by atoms with E-state index in [2.05, 4.69) is 24.8 Å². The summed E-state index contributed by atoms with van der Waals surface area (Å²) in [5.41, 5.74) is 2.88. The zero-order chi connectivity index (χ0) is 14.7. The van der Waals surface area contributed by atoms with E-state index in [1.54, 1.807) is 17.7 Å². The second-order valence-corrected chi connectivity index (χ2v) is 5.96. The van der Waals surface area contributed by atoms with Gasteiger partial charge in [0, 0.05) is 25.0 Å². The van der Waals surface area contributed by atoms with Crippen LogP contribution in [0.4, 0.5) is 11.6 Å². The van der Waals surface area contributed by atoms with E-state index in [0.29, 0.717) is 0 Å². The highest BCUT2D eigenvalue weighted by molar-refractivity contribution is 7.07. The fourth-order valence-corrected chi connectivity index (χ4v) is 3.22. The molecule has 1 aliphatic heterocycles. The van der Waals surface area contributed by atoms with Gasteiger partial charge in [-0.15, -0.1) is 11.3 Å². The monoisotopic (exact) mass is 305 g/mol. The Labute approximate surface area is 128 Å². The average molecular weight is 305 g/mol. The molecule has 0 spiro atoms. The van der Waals surface area contributed by atoms with Crippen LogP contribution in [-0.4, -0.2) is 46.3 Å². The number of nitrogens with zero attached hydrogens (tertiary/aromatic N) is 5. The minimum absolute atomic E-state index is 0.175. The number of aromatic nitrogens is 3. The third-order valence-electron chi connectivity index (χ3n) is 3.79. The summed E-state index contributed by atoms with van der Waals surface area (Å²) in [5, 5.41) is 11.5. The summed E-state index contributed by atoms with van der Waals surface area (Å²) in [6.45, 7) is 1.84. The second-order valence-electron chi connectivity index (χ2n) is 5.24. The molecular formula is C14H19N5OS. The topological polar surface area (TPSA) is 65.4 Å². The van der Waals surface area contributed by atoms with Gasteiger partial charge in [-0.3, -0.25) is 0 Å². The Bertz CT molecular complexity index is 577. The van der Waals surface area contributed by atoms with E-state index in [0.717, 1.165) is 43.3 Å². The Morgan fingerprint density at radius 3 is 3.10 bits per heavy atom. The van der Waals surface area contributed by atoms with Gasteiger partial charge in [0.2, 0.25) is 0 Å². The molecule has 7 heteroatoms. The average Bonchev–Trinajstić information content (AvgIpc) is 3.18. The molecule has 1 saturated heterocycles. The molecule has 1 aliphatic rings. The van der Waals surface area contributed by atoms with Crippen molar-refractivity contribution in [1.29, 1.82) is 0 Å². The molecule has 0 unspecified atom stereocenters. The molecule has 0 saturated carbocycles. The predicted octanol–water partition coefficient (Wildman–Crippen LogP) is 1.53. The zero-order valence-electron chi connectivity index (χ0n) is 12.0. The Morgan fingerprint density at radius 2 is 2.33 bits per heavy atom. The highest BCUT2D eigenvalue weighted by Gasteiger charge is 2.25. The van der Waals surface area contributed by atoms with Crippen molar-refractivity contribution >= 4 is 23.0 Å². The van der Waals surface area contributed by atoms with Gasteiger partial charge in [-0.05, 0) is 12.8 Å². The van der Waals surface area contributed by atoms with Crippen molar-refractivity contribution in [3.05, 3.63) is 29.0 Å². The van der Waals surface area contributed by atoms with Crippen molar-refractivity contribution in [3.8, 4) is 0 Å². The van der Waals surface area contributed by atoms with Gasteiger partial charge in [-0.25, -0.2) is 15.0 Å². The summed E-state index contributed by atoms with van der Waals surface area (Å²) >= 11 is 1.60. The van der Waals surface area contributed by atoms with Crippen LogP contribution in [0.3, 0.4) is 0 Å². The standard InChI is InChI=1S/C14H19N5OS/c1-18(6-11-8-21-10-17-11)13-5-14(16-9-15-13)19-4-2-3-12(19)7-20/h5,8-10,12,20H,2-4,6-7H2,1H3/t12-/m1/s1. The molecule has 0 radical (unpaired) electrons. The number of anilines is 2. The molecular weight excluding hydrogens is 286 g/mol. The first-order valence-corrected chi connectivity index (χ1v) is 8.00. The number of thiazole rings is 1. The third kappa shape index (κ3) is 3.14. The molecule has 3 rings (SSSR count). The molecule has 0 amide bonds. The van der Waals surface area contributed by atoms with Crippen LogP contribution in [0.15, 0.2) is 23.3 Å². The maximum atomic E-state index is 9.44. The lowest BCUT2D eigenvalue weighted by Crippen LogP contribution is -2.33. The van der Waals surface area contributed by atoms with Crippen molar-refractivity contribution in [3.63, 3.8) is 0 Å². The van der Waals surface area contributed by atoms with E-state index in [-0.39, 0.29) is 12.6 Å². The summed E-state index contributed by atoms with van der Waals surface area (Å²) < 4.78 is 0. The van der Waals surface area contributed by atoms with Crippen LogP contribution in [0.2, 0.25) is 0 Å². The fourth-order valence-electron chi connectivity index (χ4n) is 2.67. The summed E-state index contributed by atoms with van der Waals surface area (Å²) in [6.07, 6.45) is 3.71. The van der Waals surface area contributed by atoms with Gasteiger partial charge in [0.25, 0.3) is 0 Å². The number of aliphatic hydroxyl groups excluding tert-OH is 1. The molecule has 3 heterocycles. The first-order valence-electron chi connectivity index (χ1n) is 7.05. The maximum Gasteiger partial charge on any atom is 0.134 e. The molecule has 1 fully saturated rings. The Balaban J connectivity index is 1.76. The van der Waals surface area contributed by atoms with Crippen molar-refractivity contribution in [2.24, 2.45) is 0 Å². The van der Waals surface area contributed by atoms with Gasteiger partial charge >= 0.3 is 0 Å². The predicted molar refractivity (Wildman–Crippen MR) is 83.7 cm³/mol. The van der Waals surface area contributed by atoms with Gasteiger partial charge < -0.3 is 14.9 Å². The van der Waals surface area contributed by atoms with Gasteiger partial charge in [-0.1, -0.05) is 0 Å². The van der Waals surface area contributed by atoms with Gasteiger partial charge in [0.15, 0.2) is 0 Å². The van der Waals surface area contributed by atoms with Crippen LogP contribution in [-0.2, 0) is 6.54 Å². The molecule has 6 nitrogen and oxygen atoms in total. The van der Waals surface area contributed by atoms with E-state index in [1.165, 1.54) is 0 Å². The zero-order valence-corrected chi connectivity index (χ0v) is 12.8. The Kier molecular flexibility index (Phi) is 4.31. The normalized spacial score (nSPS) is 18.2. The van der Waals surface area contributed by atoms with Crippen molar-refractivity contribution in [2.75, 3.05) is 30.0 Å². The highest BCUT2D eigenvalue weighted by Crippen LogP contribution is 2.25. The van der Waals surface area contributed by atoms with Crippen LogP contribution in [0.1, 0.15) is 18.5 Å². The lowest BCUT2D eigenvalue weighted by molar-refractivity contribution is 0.266. The quantitative estimate of drug-likeness (QED) is 0.904. The SMILES string of the molecule is CN(Cc1cscn1)c1cc(N2CCC[C@@H]2CO)ncn1. The van der Waals surface area contributed by atoms with Crippen LogP contribution >= 0.6 is 11.3 Å². The first-order chi connectivity index (χ1) is 10.3. The number of hydrogen-bond acceptors (Lipinski definition) is 7. The van der Waals surface area contributed by atoms with Crippen LogP contribution in [0.5, 0.6) is 0 Å². The molecule has 2 aromatic heterocycles. The second kappa shape index (κ2) is 6.36. The van der Waals surface area contributed by atoms with E-state index in [1.807, 2.05) is 24.0 Å². The van der Waals surface area contributed by atoms with E-state index in [9.17, 15) is 5.11 Å². The summed E-state index contributed by atoms with van der Waals surface area (Å²) in [7, 11) is 2.00. The van der Waals surface area contributed by atoms with Crippen molar-refractivity contribution in [2.45, 2.75) is 25.4 Å². The van der Waals surface area contributed by atoms with Crippen molar-refractivity contribution < 1.29 is 5.11 Å². The minimum Gasteiger partial charge on any atom is -0.394 e. The number of aliphatic hydroxyl groups is 1. The summed E-state index contributed by atoms with van der Waals surface area (Å²) in [4.78, 5) is 17.2. The molecule has 1 N–H and O–H groups in total. The molecule has 0 aromatic carbocycles. The van der Waals surface area contributed by atoms with Crippen LogP contribution < -0.4 is 9.80 Å². The molecule has 1 atom stereocenters. The minimum atomic E-state index is 0.175. The highest BCUT2D eigenvalue weighted by atomic mass is 32.1. The largest absolute Gasteiger partial charge is 0.394 e. The Morgan fingerprint density at radius 1 is 1.43 bits per heavy atom. The van der Waals surface area contributed by atoms with Crippen molar-refractivity contribution in [1.82, 2.24) is 15.0 Å². The van der Waals surface area contributed by atoms with Gasteiger partial charge in [0.05, 0.1) is 30.4 Å². The molecule has 112 valence electrons. The third-order valence-corrected chi connectivity index (χ3v) is 4.43. The fraction of sp³-hybridized carbons (Fsp3) is 0.500. The number of rotatable bonds is 5. The number of hydrogen-bond donors (Lipinski definition) is 1. The lowest BCUT2D eigenvalue weighted by Gasteiger charge is -2.25. The summed E-state index contributed by atoms with van der Waals surface area (Å²) in [5.74, 6) is 1.76. The van der Waals surface area contributed by atoms with E-state index >= 15 is 0 Å². The molecule has 2 aromatic rings. The molecule has 0 aliphatic carbocycles. The summed E-state index contributed by atoms with van der Waals surface area (Å²) in [6, 6.07) is 2.16. The smallest absolute Gasteiger partial charge is 0.134 e. The van der Waals surface area contributed by atoms with Gasteiger partial charge in [0.1, 0.15) is 18.0 Å². The lowest BCUT2D eigenvalue weighted by atomic mass is 10.2. The van der Waals surface area contributed by atoms with E-state index in [4.69, 9.17) is 0 Å². The Hall–Kier alpha value is -1.73. The molecule has 21 heavy (non-hydrogen) atoms. The first kappa shape index (κ1) is 14.2. The van der Waals surface area contributed by atoms with Crippen LogP contribution in [0.25, 0.3) is 0 Å². The maximum absolute atomic E-state index is 9.44. The van der Waals surface area contributed by atoms with Crippen LogP contribution in [0, 0.1) is 0 Å². The molecule has 0 bridgehead atoms. The van der Waals surface area contributed by atoms with E-state index < -0.39 is 0 Å².